The Labute approximate surface area is 43.5 Å². The van der Waals surface area contributed by atoms with E-state index in [9.17, 15) is 4.79 Å². The Morgan fingerprint density at radius 1 is 1.86 bits per heavy atom. The fraction of sp³-hybridized carbons (Fsp3) is 0.600. The van der Waals surface area contributed by atoms with Crippen LogP contribution in [-0.2, 0) is 9.53 Å². The first kappa shape index (κ1) is 6.47. The molecule has 0 aliphatic heterocycles. The molecule has 0 aromatic heterocycles. The molecule has 0 spiro atoms. The standard InChI is InChI=1S/C5H8O2/c1-4(2)5(6)7-3/h1,4H,2-3H3. The Bertz CT molecular complexity index is 66.5. The van der Waals surface area contributed by atoms with E-state index in [1.165, 1.54) is 7.11 Å². The van der Waals surface area contributed by atoms with Gasteiger partial charge in [0.2, 0.25) is 0 Å². The molecule has 0 aromatic carbocycles. The molecule has 7 heavy (non-hydrogen) atoms. The van der Waals surface area contributed by atoms with Gasteiger partial charge in [-0.2, -0.15) is 0 Å². The molecule has 2 radical (unpaired) electrons. The molecule has 1 atom stereocenters. The SMILES string of the molecule is [CH]C(C)C(=O)OC. The highest BCUT2D eigenvalue weighted by Crippen LogP contribution is 1.91. The van der Waals surface area contributed by atoms with Gasteiger partial charge in [0.05, 0.1) is 13.0 Å². The Morgan fingerprint density at radius 2 is 2.29 bits per heavy atom. The van der Waals surface area contributed by atoms with Crippen molar-refractivity contribution < 1.29 is 9.53 Å². The number of carbonyl (C=O) groups excluding carboxylic acids is 1. The van der Waals surface area contributed by atoms with E-state index in [2.05, 4.69) is 4.74 Å². The summed E-state index contributed by atoms with van der Waals surface area (Å²) in [4.78, 5) is 10.2. The normalized spacial score (nSPS) is 9.14. The molecule has 0 fully saturated rings. The van der Waals surface area contributed by atoms with Gasteiger partial charge in [0.15, 0.2) is 0 Å². The Balaban J connectivity index is 3.35. The summed E-state index contributed by atoms with van der Waals surface area (Å²) in [7, 11) is 1.31. The molecule has 2 nitrogen and oxygen atoms in total. The third-order valence-corrected chi connectivity index (χ3v) is 0.573. The van der Waals surface area contributed by atoms with Gasteiger partial charge in [-0.25, -0.2) is 0 Å². The molecule has 0 aromatic rings. The lowest BCUT2D eigenvalue weighted by Gasteiger charge is -1.97. The van der Waals surface area contributed by atoms with Crippen molar-refractivity contribution in [1.29, 1.82) is 0 Å². The van der Waals surface area contributed by atoms with Crippen LogP contribution in [0.2, 0.25) is 0 Å². The molecule has 0 rings (SSSR count). The van der Waals surface area contributed by atoms with E-state index in [1.54, 1.807) is 6.92 Å². The summed E-state index contributed by atoms with van der Waals surface area (Å²) >= 11 is 0. The number of hydrogen-bond acceptors (Lipinski definition) is 2. The van der Waals surface area contributed by atoms with Gasteiger partial charge in [0, 0.05) is 0 Å². The molecule has 2 heteroatoms. The van der Waals surface area contributed by atoms with Crippen LogP contribution >= 0.6 is 0 Å². The lowest BCUT2D eigenvalue weighted by molar-refractivity contribution is -0.143. The average Bonchev–Trinajstić information content (AvgIpc) is 1.65. The minimum atomic E-state index is -0.495. The summed E-state index contributed by atoms with van der Waals surface area (Å²) < 4.78 is 4.25. The topological polar surface area (TPSA) is 26.3 Å². The van der Waals surface area contributed by atoms with Crippen molar-refractivity contribution in [2.24, 2.45) is 5.92 Å². The smallest absolute Gasteiger partial charge is 0.308 e. The van der Waals surface area contributed by atoms with Gasteiger partial charge < -0.3 is 4.74 Å². The quantitative estimate of drug-likeness (QED) is 0.449. The van der Waals surface area contributed by atoms with Crippen LogP contribution in [0.15, 0.2) is 0 Å². The van der Waals surface area contributed by atoms with E-state index >= 15 is 0 Å². The molecule has 0 N–H and O–H groups in total. The number of carbonyl (C=O) groups is 1. The zero-order chi connectivity index (χ0) is 5.86. The first-order valence-corrected chi connectivity index (χ1v) is 2.02. The van der Waals surface area contributed by atoms with Crippen LogP contribution in [0.25, 0.3) is 0 Å². The highest BCUT2D eigenvalue weighted by Gasteiger charge is 2.03. The van der Waals surface area contributed by atoms with Gasteiger partial charge in [-0.1, -0.05) is 6.92 Å². The van der Waals surface area contributed by atoms with Crippen molar-refractivity contribution in [3.8, 4) is 0 Å². The largest absolute Gasteiger partial charge is 0.469 e. The van der Waals surface area contributed by atoms with Crippen molar-refractivity contribution in [2.75, 3.05) is 7.11 Å². The van der Waals surface area contributed by atoms with Crippen molar-refractivity contribution in [2.45, 2.75) is 6.92 Å². The van der Waals surface area contributed by atoms with E-state index in [-0.39, 0.29) is 5.97 Å². The second kappa shape index (κ2) is 2.61. The predicted octanol–water partition coefficient (Wildman–Crippen LogP) is 0.507. The van der Waals surface area contributed by atoms with Crippen molar-refractivity contribution in [3.05, 3.63) is 6.92 Å². The van der Waals surface area contributed by atoms with E-state index in [0.29, 0.717) is 0 Å². The Morgan fingerprint density at radius 3 is 2.29 bits per heavy atom. The lowest BCUT2D eigenvalue weighted by atomic mass is 10.2. The fourth-order valence-corrected chi connectivity index (χ4v) is 0.186. The Hall–Kier alpha value is -0.530. The summed E-state index contributed by atoms with van der Waals surface area (Å²) in [6.45, 7) is 6.65. The molecule has 0 amide bonds. The number of methoxy groups -OCH3 is 1. The first-order chi connectivity index (χ1) is 3.18. The molecule has 0 saturated carbocycles. The second-order valence-electron chi connectivity index (χ2n) is 1.31. The van der Waals surface area contributed by atoms with Crippen molar-refractivity contribution in [3.63, 3.8) is 0 Å². The van der Waals surface area contributed by atoms with Gasteiger partial charge in [-0.15, -0.1) is 0 Å². The number of hydrogen-bond donors (Lipinski definition) is 0. The monoisotopic (exact) mass is 100 g/mol. The van der Waals surface area contributed by atoms with Crippen LogP contribution in [0.4, 0.5) is 0 Å². The molecule has 0 heterocycles. The molecule has 0 saturated heterocycles. The molecule has 1 unspecified atom stereocenters. The fourth-order valence-electron chi connectivity index (χ4n) is 0.186. The third kappa shape index (κ3) is 2.20. The lowest BCUT2D eigenvalue weighted by Crippen LogP contribution is -2.08. The number of rotatable bonds is 1. The maximum absolute atomic E-state index is 10.2. The van der Waals surface area contributed by atoms with Gasteiger partial charge >= 0.3 is 5.97 Å². The van der Waals surface area contributed by atoms with Crippen LogP contribution in [0.5, 0.6) is 0 Å². The number of ether oxygens (including phenoxy) is 1. The highest BCUT2D eigenvalue weighted by atomic mass is 16.5. The van der Waals surface area contributed by atoms with E-state index in [4.69, 9.17) is 6.92 Å². The van der Waals surface area contributed by atoms with Gasteiger partial charge in [0.1, 0.15) is 0 Å². The zero-order valence-electron chi connectivity index (χ0n) is 4.47. The van der Waals surface area contributed by atoms with E-state index in [0.717, 1.165) is 0 Å². The Kier molecular flexibility index (Phi) is 2.41. The third-order valence-electron chi connectivity index (χ3n) is 0.573. The molecular formula is C5H8O2. The highest BCUT2D eigenvalue weighted by molar-refractivity contribution is 5.72. The molecule has 0 aliphatic rings. The van der Waals surface area contributed by atoms with Crippen molar-refractivity contribution in [1.82, 2.24) is 0 Å². The molecular weight excluding hydrogens is 92.1 g/mol. The average molecular weight is 100 g/mol. The van der Waals surface area contributed by atoms with Crippen molar-refractivity contribution >= 4 is 5.97 Å². The summed E-state index contributed by atoms with van der Waals surface area (Å²) in [6.07, 6.45) is 0. The first-order valence-electron chi connectivity index (χ1n) is 2.02. The minimum absolute atomic E-state index is 0.375. The van der Waals surface area contributed by atoms with Gasteiger partial charge in [-0.05, 0) is 6.92 Å². The summed E-state index contributed by atoms with van der Waals surface area (Å²) in [5.41, 5.74) is 0. The maximum Gasteiger partial charge on any atom is 0.308 e. The van der Waals surface area contributed by atoms with Crippen LogP contribution in [-0.4, -0.2) is 13.1 Å². The zero-order valence-corrected chi connectivity index (χ0v) is 4.47. The summed E-state index contributed by atoms with van der Waals surface area (Å²) in [6, 6.07) is 0. The van der Waals surface area contributed by atoms with Crippen LogP contribution in [0, 0.1) is 12.8 Å². The van der Waals surface area contributed by atoms with Crippen LogP contribution < -0.4 is 0 Å². The molecule has 0 bridgehead atoms. The van der Waals surface area contributed by atoms with Gasteiger partial charge in [0.25, 0.3) is 0 Å². The molecule has 40 valence electrons. The number of esters is 1. The second-order valence-corrected chi connectivity index (χ2v) is 1.31. The predicted molar refractivity (Wildman–Crippen MR) is 25.5 cm³/mol. The summed E-state index contributed by atoms with van der Waals surface area (Å²) in [5.74, 6) is -0.870. The maximum atomic E-state index is 10.2. The minimum Gasteiger partial charge on any atom is -0.469 e. The molecule has 0 aliphatic carbocycles. The van der Waals surface area contributed by atoms with Crippen LogP contribution in [0.3, 0.4) is 0 Å². The van der Waals surface area contributed by atoms with Crippen LogP contribution in [0.1, 0.15) is 6.92 Å². The van der Waals surface area contributed by atoms with E-state index < -0.39 is 5.92 Å². The van der Waals surface area contributed by atoms with E-state index in [1.807, 2.05) is 0 Å². The van der Waals surface area contributed by atoms with Gasteiger partial charge in [-0.3, -0.25) is 4.79 Å². The summed E-state index contributed by atoms with van der Waals surface area (Å²) in [5, 5.41) is 0.